The van der Waals surface area contributed by atoms with Crippen LogP contribution in [0.25, 0.3) is 11.1 Å². The lowest BCUT2D eigenvalue weighted by Gasteiger charge is -2.07. The number of anilines is 1. The van der Waals surface area contributed by atoms with Crippen LogP contribution in [0.1, 0.15) is 18.5 Å². The molecule has 1 saturated carbocycles. The number of benzene rings is 1. The van der Waals surface area contributed by atoms with Gasteiger partial charge in [0.2, 0.25) is 5.91 Å². The fourth-order valence-electron chi connectivity index (χ4n) is 2.40. The number of amides is 1. The summed E-state index contributed by atoms with van der Waals surface area (Å²) in [5.74, 6) is 0.218. The van der Waals surface area contributed by atoms with Crippen molar-refractivity contribution in [2.24, 2.45) is 11.1 Å². The van der Waals surface area contributed by atoms with E-state index in [1.807, 2.05) is 24.3 Å². The minimum absolute atomic E-state index is 0.0595. The molecule has 6 nitrogen and oxygen atoms in total. The zero-order valence-electron chi connectivity index (χ0n) is 12.1. The molecule has 0 unspecified atom stereocenters. The van der Waals surface area contributed by atoms with Gasteiger partial charge in [-0.25, -0.2) is 9.11 Å². The van der Waals surface area contributed by atoms with Gasteiger partial charge in [0, 0.05) is 29.1 Å². The van der Waals surface area contributed by atoms with Gasteiger partial charge in [0.25, 0.3) is 0 Å². The average molecular weight is 319 g/mol. The Morgan fingerprint density at radius 3 is 2.36 bits per heavy atom. The average Bonchev–Trinajstić information content (AvgIpc) is 3.22. The van der Waals surface area contributed by atoms with Crippen LogP contribution in [0.2, 0.25) is 0 Å². The van der Waals surface area contributed by atoms with E-state index in [4.69, 9.17) is 5.14 Å². The van der Waals surface area contributed by atoms with Crippen LogP contribution in [-0.2, 0) is 15.0 Å². The first-order valence-electron chi connectivity index (χ1n) is 6.99. The summed E-state index contributed by atoms with van der Waals surface area (Å²) in [7, 11) is -3.79. The van der Waals surface area contributed by atoms with Crippen molar-refractivity contribution in [1.29, 1.82) is 0 Å². The van der Waals surface area contributed by atoms with Gasteiger partial charge in [-0.05, 0) is 43.5 Å². The van der Waals surface area contributed by atoms with E-state index in [1.54, 1.807) is 13.0 Å². The van der Waals surface area contributed by atoms with E-state index in [1.165, 1.54) is 6.20 Å². The quantitative estimate of drug-likeness (QED) is 0.900. The van der Waals surface area contributed by atoms with Crippen LogP contribution in [0.3, 0.4) is 0 Å². The summed E-state index contributed by atoms with van der Waals surface area (Å²) >= 11 is 0. The third kappa shape index (κ3) is 2.90. The number of hydrogen-bond acceptors (Lipinski definition) is 3. The number of nitrogens with zero attached hydrogens (tertiary/aromatic N) is 1. The van der Waals surface area contributed by atoms with E-state index in [2.05, 4.69) is 5.32 Å². The summed E-state index contributed by atoms with van der Waals surface area (Å²) in [4.78, 5) is 11.7. The second-order valence-corrected chi connectivity index (χ2v) is 6.92. The van der Waals surface area contributed by atoms with Gasteiger partial charge in [-0.1, -0.05) is 12.1 Å². The van der Waals surface area contributed by atoms with Gasteiger partial charge >= 0.3 is 10.2 Å². The van der Waals surface area contributed by atoms with E-state index in [0.717, 1.165) is 33.6 Å². The first kappa shape index (κ1) is 14.8. The molecular formula is C15H17N3O3S. The van der Waals surface area contributed by atoms with Crippen LogP contribution in [-0.4, -0.2) is 18.3 Å². The highest BCUT2D eigenvalue weighted by molar-refractivity contribution is 7.87. The predicted octanol–water partition coefficient (Wildman–Crippen LogP) is 1.86. The minimum Gasteiger partial charge on any atom is -0.326 e. The largest absolute Gasteiger partial charge is 0.326 e. The molecule has 0 spiro atoms. The van der Waals surface area contributed by atoms with Crippen molar-refractivity contribution in [2.45, 2.75) is 19.8 Å². The van der Waals surface area contributed by atoms with Crippen LogP contribution < -0.4 is 10.5 Å². The molecule has 3 rings (SSSR count). The molecule has 2 aromatic rings. The standard InChI is InChI=1S/C15H17N3O3S/c1-10-14(8-9-18(10)22(16,20)21)11-4-6-13(7-5-11)17-15(19)12-2-3-12/h4-9,12H,2-3H2,1H3,(H,17,19)(H2,16,20,21). The Balaban J connectivity index is 1.84. The first-order valence-corrected chi connectivity index (χ1v) is 8.49. The van der Waals surface area contributed by atoms with Crippen LogP contribution in [0, 0.1) is 12.8 Å². The summed E-state index contributed by atoms with van der Waals surface area (Å²) in [6, 6.07) is 9.01. The predicted molar refractivity (Wildman–Crippen MR) is 84.5 cm³/mol. The number of carbonyl (C=O) groups excluding carboxylic acids is 1. The molecule has 0 bridgehead atoms. The topological polar surface area (TPSA) is 94.2 Å². The highest BCUT2D eigenvalue weighted by atomic mass is 32.2. The number of carbonyl (C=O) groups is 1. The SMILES string of the molecule is Cc1c(-c2ccc(NC(=O)C3CC3)cc2)ccn1S(N)(=O)=O. The van der Waals surface area contributed by atoms with Crippen LogP contribution in [0.15, 0.2) is 36.5 Å². The minimum atomic E-state index is -3.79. The van der Waals surface area contributed by atoms with E-state index in [9.17, 15) is 13.2 Å². The molecule has 1 fully saturated rings. The van der Waals surface area contributed by atoms with Gasteiger partial charge in [0.15, 0.2) is 0 Å². The highest BCUT2D eigenvalue weighted by Gasteiger charge is 2.29. The van der Waals surface area contributed by atoms with Gasteiger partial charge < -0.3 is 5.32 Å². The van der Waals surface area contributed by atoms with Gasteiger partial charge in [0.1, 0.15) is 0 Å². The van der Waals surface area contributed by atoms with E-state index in [-0.39, 0.29) is 11.8 Å². The molecule has 0 saturated heterocycles. The first-order chi connectivity index (χ1) is 10.4. The number of hydrogen-bond donors (Lipinski definition) is 2. The molecule has 0 aliphatic heterocycles. The third-order valence-corrected chi connectivity index (χ3v) is 4.73. The van der Waals surface area contributed by atoms with E-state index >= 15 is 0 Å². The molecule has 0 atom stereocenters. The number of nitrogens with one attached hydrogen (secondary N) is 1. The maximum absolute atomic E-state index is 11.7. The van der Waals surface area contributed by atoms with Crippen LogP contribution >= 0.6 is 0 Å². The lowest BCUT2D eigenvalue weighted by molar-refractivity contribution is -0.117. The number of nitrogens with two attached hydrogens (primary N) is 1. The monoisotopic (exact) mass is 319 g/mol. The van der Waals surface area contributed by atoms with Gasteiger partial charge in [-0.2, -0.15) is 8.42 Å². The van der Waals surface area contributed by atoms with Crippen molar-refractivity contribution in [1.82, 2.24) is 3.97 Å². The maximum atomic E-state index is 11.7. The molecule has 1 aliphatic carbocycles. The highest BCUT2D eigenvalue weighted by Crippen LogP contribution is 2.31. The Morgan fingerprint density at radius 1 is 1.23 bits per heavy atom. The van der Waals surface area contributed by atoms with Gasteiger partial charge in [0.05, 0.1) is 0 Å². The number of aromatic nitrogens is 1. The van der Waals surface area contributed by atoms with E-state index in [0.29, 0.717) is 5.69 Å². The van der Waals surface area contributed by atoms with E-state index < -0.39 is 10.2 Å². The van der Waals surface area contributed by atoms with Crippen molar-refractivity contribution in [3.63, 3.8) is 0 Å². The fraction of sp³-hybridized carbons (Fsp3) is 0.267. The molecular weight excluding hydrogens is 302 g/mol. The molecule has 3 N–H and O–H groups in total. The molecule has 0 radical (unpaired) electrons. The van der Waals surface area contributed by atoms with Crippen molar-refractivity contribution in [3.8, 4) is 11.1 Å². The van der Waals surface area contributed by atoms with Crippen LogP contribution in [0.5, 0.6) is 0 Å². The van der Waals surface area contributed by atoms with Crippen molar-refractivity contribution >= 4 is 21.8 Å². The summed E-state index contributed by atoms with van der Waals surface area (Å²) in [5, 5.41) is 8.02. The number of rotatable bonds is 4. The zero-order valence-corrected chi connectivity index (χ0v) is 12.9. The van der Waals surface area contributed by atoms with Crippen molar-refractivity contribution in [3.05, 3.63) is 42.2 Å². The summed E-state index contributed by atoms with van der Waals surface area (Å²) in [6.45, 7) is 1.70. The summed E-state index contributed by atoms with van der Waals surface area (Å²) < 4.78 is 23.9. The molecule has 22 heavy (non-hydrogen) atoms. The Morgan fingerprint density at radius 2 is 1.86 bits per heavy atom. The second-order valence-electron chi connectivity index (χ2n) is 5.50. The lowest BCUT2D eigenvalue weighted by Crippen LogP contribution is -2.21. The fourth-order valence-corrected chi connectivity index (χ4v) is 3.11. The lowest BCUT2D eigenvalue weighted by atomic mass is 10.1. The van der Waals surface area contributed by atoms with Gasteiger partial charge in [-0.15, -0.1) is 0 Å². The molecule has 1 amide bonds. The molecule has 1 aliphatic rings. The summed E-state index contributed by atoms with van der Waals surface area (Å²) in [5.41, 5.74) is 2.94. The second kappa shape index (κ2) is 5.26. The normalized spacial score (nSPS) is 14.8. The Hall–Kier alpha value is -2.12. The Kier molecular flexibility index (Phi) is 3.54. The van der Waals surface area contributed by atoms with Crippen molar-refractivity contribution in [2.75, 3.05) is 5.32 Å². The molecule has 116 valence electrons. The van der Waals surface area contributed by atoms with Crippen molar-refractivity contribution < 1.29 is 13.2 Å². The van der Waals surface area contributed by atoms with Crippen LogP contribution in [0.4, 0.5) is 5.69 Å². The summed E-state index contributed by atoms with van der Waals surface area (Å²) in [6.07, 6.45) is 3.36. The molecule has 1 aromatic carbocycles. The zero-order chi connectivity index (χ0) is 15.9. The van der Waals surface area contributed by atoms with Gasteiger partial charge in [-0.3, -0.25) is 4.79 Å². The Labute approximate surface area is 129 Å². The maximum Gasteiger partial charge on any atom is 0.302 e. The molecule has 1 heterocycles. The third-order valence-electron chi connectivity index (χ3n) is 3.78. The molecule has 7 heteroatoms. The molecule has 1 aromatic heterocycles. The Bertz CT molecular complexity index is 818. The smallest absolute Gasteiger partial charge is 0.302 e.